The highest BCUT2D eigenvalue weighted by molar-refractivity contribution is 7.22. The smallest absolute Gasteiger partial charge is 0.274 e. The number of piperidine rings is 1. The van der Waals surface area contributed by atoms with Crippen LogP contribution in [0.3, 0.4) is 0 Å². The summed E-state index contributed by atoms with van der Waals surface area (Å²) in [7, 11) is 0. The molecule has 180 valence electrons. The molecule has 4 aromatic rings. The molecule has 1 aliphatic rings. The Morgan fingerprint density at radius 3 is 2.71 bits per heavy atom. The van der Waals surface area contributed by atoms with Crippen molar-refractivity contribution in [2.75, 3.05) is 23.3 Å². The average Bonchev–Trinajstić information content (AvgIpc) is 3.25. The van der Waals surface area contributed by atoms with Crippen LogP contribution < -0.4 is 16.0 Å². The zero-order valence-electron chi connectivity index (χ0n) is 18.8. The molecular weight excluding hydrogens is 472 g/mol. The summed E-state index contributed by atoms with van der Waals surface area (Å²) in [6.45, 7) is 2.95. The van der Waals surface area contributed by atoms with Crippen molar-refractivity contribution in [3.63, 3.8) is 0 Å². The summed E-state index contributed by atoms with van der Waals surface area (Å²) in [5.74, 6) is -1.79. The molecule has 0 unspecified atom stereocenters. The van der Waals surface area contributed by atoms with Crippen molar-refractivity contribution in [2.24, 2.45) is 11.7 Å². The first-order valence-electron chi connectivity index (χ1n) is 11.1. The van der Waals surface area contributed by atoms with E-state index in [9.17, 15) is 18.7 Å². The van der Waals surface area contributed by atoms with E-state index in [0.29, 0.717) is 33.9 Å². The van der Waals surface area contributed by atoms with E-state index in [2.05, 4.69) is 15.3 Å². The number of hydrogen-bond acceptors (Lipinski definition) is 7. The topological polar surface area (TPSA) is 104 Å². The highest BCUT2D eigenvalue weighted by Gasteiger charge is 2.32. The summed E-state index contributed by atoms with van der Waals surface area (Å²) in [4.78, 5) is 24.0. The van der Waals surface area contributed by atoms with Gasteiger partial charge in [0.05, 0.1) is 39.5 Å². The van der Waals surface area contributed by atoms with Gasteiger partial charge in [0.15, 0.2) is 0 Å². The fourth-order valence-electron chi connectivity index (χ4n) is 4.36. The molecule has 0 radical (unpaired) electrons. The van der Waals surface area contributed by atoms with Gasteiger partial charge in [0.25, 0.3) is 5.91 Å². The summed E-state index contributed by atoms with van der Waals surface area (Å²) in [5.41, 5.74) is 7.86. The molecule has 0 aliphatic carbocycles. The zero-order valence-corrected chi connectivity index (χ0v) is 19.6. The van der Waals surface area contributed by atoms with Crippen LogP contribution >= 0.6 is 11.3 Å². The maximum absolute atomic E-state index is 14.2. The van der Waals surface area contributed by atoms with Crippen molar-refractivity contribution in [2.45, 2.75) is 19.1 Å². The lowest BCUT2D eigenvalue weighted by Crippen LogP contribution is -2.55. The van der Waals surface area contributed by atoms with Gasteiger partial charge >= 0.3 is 0 Å². The van der Waals surface area contributed by atoms with Crippen molar-refractivity contribution < 1.29 is 18.7 Å². The van der Waals surface area contributed by atoms with E-state index in [4.69, 9.17) is 5.73 Å². The molecule has 3 aromatic heterocycles. The van der Waals surface area contributed by atoms with E-state index >= 15 is 0 Å². The second-order valence-corrected chi connectivity index (χ2v) is 9.75. The maximum Gasteiger partial charge on any atom is 0.274 e. The van der Waals surface area contributed by atoms with E-state index in [0.717, 1.165) is 5.69 Å². The van der Waals surface area contributed by atoms with Crippen LogP contribution in [0.15, 0.2) is 54.9 Å². The second-order valence-electron chi connectivity index (χ2n) is 8.67. The van der Waals surface area contributed by atoms with Crippen LogP contribution in [-0.2, 0) is 0 Å². The number of halogens is 2. The highest BCUT2D eigenvalue weighted by atomic mass is 32.1. The van der Waals surface area contributed by atoms with E-state index < -0.39 is 29.7 Å². The van der Waals surface area contributed by atoms with Crippen LogP contribution in [0, 0.1) is 17.6 Å². The quantitative estimate of drug-likeness (QED) is 0.395. The Kier molecular flexibility index (Phi) is 6.18. The van der Waals surface area contributed by atoms with E-state index in [1.165, 1.54) is 29.5 Å². The first-order valence-corrected chi connectivity index (χ1v) is 11.9. The summed E-state index contributed by atoms with van der Waals surface area (Å²) < 4.78 is 29.2. The molecule has 1 amide bonds. The van der Waals surface area contributed by atoms with Crippen LogP contribution in [0.1, 0.15) is 17.4 Å². The number of hydrogen-bond donors (Lipinski definition) is 3. The number of nitrogens with zero attached hydrogens (tertiary/aromatic N) is 3. The lowest BCUT2D eigenvalue weighted by Gasteiger charge is -2.40. The van der Waals surface area contributed by atoms with Gasteiger partial charge in [-0.1, -0.05) is 13.0 Å². The van der Waals surface area contributed by atoms with E-state index in [1.807, 2.05) is 11.8 Å². The van der Waals surface area contributed by atoms with Crippen molar-refractivity contribution in [3.05, 3.63) is 72.2 Å². The standard InChI is InChI=1S/C25H23F2N5O2S/c1-13-11-32(12-16(28)24(13)33)20-7-8-29-10-19(20)31-25(34)17-5-6-21-18(30-17)9-22(35-21)23-14(26)3-2-4-15(23)27/h2-10,13,16,24,33H,11-12,28H2,1H3,(H,31,34)/t13-,16+,24+/m0/s1. The third kappa shape index (κ3) is 4.47. The van der Waals surface area contributed by atoms with E-state index in [-0.39, 0.29) is 17.2 Å². The number of carbonyl (C=O) groups excluding carboxylic acids is 1. The fourth-order valence-corrected chi connectivity index (χ4v) is 5.41. The summed E-state index contributed by atoms with van der Waals surface area (Å²) in [6, 6.07) is 9.96. The number of aliphatic hydroxyl groups excluding tert-OH is 1. The van der Waals surface area contributed by atoms with Crippen LogP contribution in [0.2, 0.25) is 0 Å². The minimum atomic E-state index is -0.655. The number of pyridine rings is 2. The van der Waals surface area contributed by atoms with Crippen molar-refractivity contribution in [1.29, 1.82) is 0 Å². The number of nitrogens with two attached hydrogens (primary N) is 1. The molecule has 0 bridgehead atoms. The third-order valence-electron chi connectivity index (χ3n) is 6.16. The molecule has 1 aromatic carbocycles. The molecule has 4 heterocycles. The number of nitrogens with one attached hydrogen (secondary N) is 1. The number of aliphatic hydroxyl groups is 1. The fraction of sp³-hybridized carbons (Fsp3) is 0.240. The first-order chi connectivity index (χ1) is 16.8. The molecule has 1 saturated heterocycles. The number of benzene rings is 1. The third-order valence-corrected chi connectivity index (χ3v) is 7.27. The van der Waals surface area contributed by atoms with Gasteiger partial charge in [-0.05, 0) is 36.4 Å². The van der Waals surface area contributed by atoms with Gasteiger partial charge in [-0.15, -0.1) is 11.3 Å². The summed E-state index contributed by atoms with van der Waals surface area (Å²) >= 11 is 1.20. The normalized spacial score (nSPS) is 20.3. The Bertz CT molecular complexity index is 1380. The number of anilines is 2. The zero-order chi connectivity index (χ0) is 24.7. The predicted octanol–water partition coefficient (Wildman–Crippen LogP) is 4.03. The molecule has 0 saturated carbocycles. The van der Waals surface area contributed by atoms with Gasteiger partial charge in [-0.2, -0.15) is 0 Å². The monoisotopic (exact) mass is 495 g/mol. The minimum Gasteiger partial charge on any atom is -0.391 e. The number of fused-ring (bicyclic) bond motifs is 1. The molecule has 1 aliphatic heterocycles. The Balaban J connectivity index is 1.41. The molecule has 7 nitrogen and oxygen atoms in total. The summed E-state index contributed by atoms with van der Waals surface area (Å²) in [5, 5.41) is 13.0. The van der Waals surface area contributed by atoms with E-state index in [1.54, 1.807) is 36.7 Å². The number of rotatable bonds is 4. The average molecular weight is 496 g/mol. The number of carbonyl (C=O) groups is 1. The lowest BCUT2D eigenvalue weighted by molar-refractivity contribution is 0.0785. The van der Waals surface area contributed by atoms with Gasteiger partial charge in [0, 0.05) is 36.1 Å². The Labute approximate surface area is 204 Å². The van der Waals surface area contributed by atoms with Crippen LogP contribution in [-0.4, -0.2) is 46.2 Å². The number of amides is 1. The van der Waals surface area contributed by atoms with Crippen molar-refractivity contribution >= 4 is 38.8 Å². The van der Waals surface area contributed by atoms with Gasteiger partial charge in [0.1, 0.15) is 17.3 Å². The Morgan fingerprint density at radius 2 is 1.97 bits per heavy atom. The largest absolute Gasteiger partial charge is 0.391 e. The van der Waals surface area contributed by atoms with Crippen LogP contribution in [0.4, 0.5) is 20.2 Å². The number of aromatic nitrogens is 2. The van der Waals surface area contributed by atoms with Gasteiger partial charge in [0.2, 0.25) is 0 Å². The highest BCUT2D eigenvalue weighted by Crippen LogP contribution is 2.36. The molecule has 10 heteroatoms. The van der Waals surface area contributed by atoms with Crippen molar-refractivity contribution in [3.8, 4) is 10.4 Å². The molecule has 35 heavy (non-hydrogen) atoms. The predicted molar refractivity (Wildman–Crippen MR) is 133 cm³/mol. The van der Waals surface area contributed by atoms with Gasteiger partial charge in [-0.25, -0.2) is 13.8 Å². The molecule has 3 atom stereocenters. The molecular formula is C25H23F2N5O2S. The minimum absolute atomic E-state index is 0.0355. The van der Waals surface area contributed by atoms with Crippen molar-refractivity contribution in [1.82, 2.24) is 9.97 Å². The molecule has 1 fully saturated rings. The Morgan fingerprint density at radius 1 is 1.20 bits per heavy atom. The molecule has 0 spiro atoms. The maximum atomic E-state index is 14.2. The van der Waals surface area contributed by atoms with Crippen LogP contribution in [0.5, 0.6) is 0 Å². The Hall–Kier alpha value is -3.47. The van der Waals surface area contributed by atoms with Gasteiger partial charge in [-0.3, -0.25) is 9.78 Å². The number of thiophene rings is 1. The SMILES string of the molecule is C[C@H]1CN(c2ccncc2NC(=O)c2ccc3sc(-c4c(F)cccc4F)cc3n2)C[C@@H](N)[C@@H]1O. The van der Waals surface area contributed by atoms with Crippen LogP contribution in [0.25, 0.3) is 20.7 Å². The van der Waals surface area contributed by atoms with Gasteiger partial charge < -0.3 is 21.1 Å². The summed E-state index contributed by atoms with van der Waals surface area (Å²) in [6.07, 6.45) is 2.59. The molecule has 5 rings (SSSR count). The molecule has 4 N–H and O–H groups in total. The lowest BCUT2D eigenvalue weighted by atomic mass is 9.92. The second kappa shape index (κ2) is 9.29. The first kappa shape index (κ1) is 23.3.